The minimum Gasteiger partial charge on any atom is -0.497 e. The molecule has 32 heavy (non-hydrogen) atoms. The van der Waals surface area contributed by atoms with Crippen LogP contribution in [-0.4, -0.2) is 46.5 Å². The summed E-state index contributed by atoms with van der Waals surface area (Å²) in [5.74, 6) is 0.878. The number of methoxy groups -OCH3 is 1. The SMILES string of the molecule is COc1ccc(Cc2ccc(C3CN(Cc4c(C)nn(C(C)C)c4C)CCO3)nc2)cc1. The van der Waals surface area contributed by atoms with Gasteiger partial charge in [-0.2, -0.15) is 5.10 Å². The van der Waals surface area contributed by atoms with Gasteiger partial charge in [-0.3, -0.25) is 14.6 Å². The van der Waals surface area contributed by atoms with Crippen LogP contribution in [0.2, 0.25) is 0 Å². The maximum Gasteiger partial charge on any atom is 0.118 e. The molecule has 1 unspecified atom stereocenters. The number of aryl methyl sites for hydroxylation is 1. The highest BCUT2D eigenvalue weighted by Gasteiger charge is 2.25. The second-order valence-corrected chi connectivity index (χ2v) is 8.90. The fraction of sp³-hybridized carbons (Fsp3) is 0.462. The molecule has 1 atom stereocenters. The summed E-state index contributed by atoms with van der Waals surface area (Å²) in [6, 6.07) is 12.8. The van der Waals surface area contributed by atoms with Crippen LogP contribution in [-0.2, 0) is 17.7 Å². The summed E-state index contributed by atoms with van der Waals surface area (Å²) >= 11 is 0. The molecule has 0 radical (unpaired) electrons. The van der Waals surface area contributed by atoms with E-state index >= 15 is 0 Å². The van der Waals surface area contributed by atoms with Crippen molar-refractivity contribution in [3.8, 4) is 5.75 Å². The Morgan fingerprint density at radius 1 is 1.09 bits per heavy atom. The average Bonchev–Trinajstić information content (AvgIpc) is 3.09. The molecule has 0 amide bonds. The third-order valence-corrected chi connectivity index (χ3v) is 6.24. The molecule has 2 aromatic heterocycles. The molecule has 0 spiro atoms. The molecule has 170 valence electrons. The van der Waals surface area contributed by atoms with E-state index in [1.165, 1.54) is 22.4 Å². The first kappa shape index (κ1) is 22.5. The van der Waals surface area contributed by atoms with Gasteiger partial charge < -0.3 is 9.47 Å². The van der Waals surface area contributed by atoms with Gasteiger partial charge in [-0.25, -0.2) is 0 Å². The minimum atomic E-state index is -0.000424. The largest absolute Gasteiger partial charge is 0.497 e. The Balaban J connectivity index is 1.40. The summed E-state index contributed by atoms with van der Waals surface area (Å²) in [5, 5.41) is 4.75. The van der Waals surface area contributed by atoms with Crippen molar-refractivity contribution in [1.29, 1.82) is 0 Å². The lowest BCUT2D eigenvalue weighted by atomic mass is 10.1. The first-order valence-corrected chi connectivity index (χ1v) is 11.4. The number of ether oxygens (including phenoxy) is 2. The Labute approximate surface area is 191 Å². The fourth-order valence-electron chi connectivity index (χ4n) is 4.39. The first-order valence-electron chi connectivity index (χ1n) is 11.4. The monoisotopic (exact) mass is 434 g/mol. The Morgan fingerprint density at radius 2 is 1.84 bits per heavy atom. The summed E-state index contributed by atoms with van der Waals surface area (Å²) in [6.07, 6.45) is 2.83. The lowest BCUT2D eigenvalue weighted by molar-refractivity contribution is -0.0351. The summed E-state index contributed by atoms with van der Waals surface area (Å²) in [5.41, 5.74) is 7.16. The van der Waals surface area contributed by atoms with Crippen molar-refractivity contribution in [2.75, 3.05) is 26.8 Å². The maximum absolute atomic E-state index is 6.08. The third kappa shape index (κ3) is 5.03. The van der Waals surface area contributed by atoms with Gasteiger partial charge in [0.05, 0.1) is 25.1 Å². The standard InChI is InChI=1S/C26H34N4O2/c1-18(2)30-20(4)24(19(3)28-30)16-29-12-13-32-26(17-29)25-11-8-22(15-27-25)14-21-6-9-23(31-5)10-7-21/h6-11,15,18,26H,12-14,16-17H2,1-5H3. The molecule has 0 bridgehead atoms. The lowest BCUT2D eigenvalue weighted by Gasteiger charge is -2.32. The molecule has 3 heterocycles. The van der Waals surface area contributed by atoms with E-state index in [1.54, 1.807) is 7.11 Å². The smallest absolute Gasteiger partial charge is 0.118 e. The predicted molar refractivity (Wildman–Crippen MR) is 126 cm³/mol. The van der Waals surface area contributed by atoms with E-state index in [1.807, 2.05) is 18.3 Å². The zero-order chi connectivity index (χ0) is 22.7. The minimum absolute atomic E-state index is 0.000424. The van der Waals surface area contributed by atoms with Crippen molar-refractivity contribution < 1.29 is 9.47 Å². The summed E-state index contributed by atoms with van der Waals surface area (Å²) in [6.45, 7) is 12.0. The number of rotatable bonds is 7. The molecule has 4 rings (SSSR count). The maximum atomic E-state index is 6.08. The molecule has 1 aliphatic heterocycles. The second kappa shape index (κ2) is 9.84. The van der Waals surface area contributed by atoms with Crippen LogP contribution in [0, 0.1) is 13.8 Å². The van der Waals surface area contributed by atoms with Gasteiger partial charge in [0, 0.05) is 43.1 Å². The summed E-state index contributed by atoms with van der Waals surface area (Å²) < 4.78 is 13.4. The second-order valence-electron chi connectivity index (χ2n) is 8.90. The molecule has 0 aliphatic carbocycles. The zero-order valence-electron chi connectivity index (χ0n) is 19.8. The van der Waals surface area contributed by atoms with Gasteiger partial charge in [-0.15, -0.1) is 0 Å². The van der Waals surface area contributed by atoms with Crippen LogP contribution >= 0.6 is 0 Å². The number of morpholine rings is 1. The van der Waals surface area contributed by atoms with E-state index in [9.17, 15) is 0 Å². The van der Waals surface area contributed by atoms with Crippen LogP contribution in [0.5, 0.6) is 5.75 Å². The number of aromatic nitrogens is 3. The molecule has 6 nitrogen and oxygen atoms in total. The van der Waals surface area contributed by atoms with Crippen LogP contribution in [0.4, 0.5) is 0 Å². The van der Waals surface area contributed by atoms with E-state index < -0.39 is 0 Å². The quantitative estimate of drug-likeness (QED) is 0.542. The molecule has 1 saturated heterocycles. The number of benzene rings is 1. The van der Waals surface area contributed by atoms with Gasteiger partial charge >= 0.3 is 0 Å². The molecule has 3 aromatic rings. The van der Waals surface area contributed by atoms with Gasteiger partial charge in [-0.1, -0.05) is 18.2 Å². The van der Waals surface area contributed by atoms with Crippen LogP contribution < -0.4 is 4.74 Å². The van der Waals surface area contributed by atoms with Crippen LogP contribution in [0.3, 0.4) is 0 Å². The van der Waals surface area contributed by atoms with Crippen LogP contribution in [0.1, 0.15) is 59.8 Å². The van der Waals surface area contributed by atoms with Gasteiger partial charge in [0.25, 0.3) is 0 Å². The van der Waals surface area contributed by atoms with Gasteiger partial charge in [0.1, 0.15) is 11.9 Å². The number of hydrogen-bond donors (Lipinski definition) is 0. The van der Waals surface area contributed by atoms with Crippen molar-refractivity contribution in [3.63, 3.8) is 0 Å². The van der Waals surface area contributed by atoms with Crippen molar-refractivity contribution in [3.05, 3.63) is 76.4 Å². The average molecular weight is 435 g/mol. The number of nitrogens with zero attached hydrogens (tertiary/aromatic N) is 4. The van der Waals surface area contributed by atoms with Crippen molar-refractivity contribution in [2.24, 2.45) is 0 Å². The summed E-state index contributed by atoms with van der Waals surface area (Å²) in [7, 11) is 1.69. The highest BCUT2D eigenvalue weighted by atomic mass is 16.5. The fourth-order valence-corrected chi connectivity index (χ4v) is 4.39. The van der Waals surface area contributed by atoms with Crippen LogP contribution in [0.25, 0.3) is 0 Å². The topological polar surface area (TPSA) is 52.4 Å². The lowest BCUT2D eigenvalue weighted by Crippen LogP contribution is -2.38. The van der Waals surface area contributed by atoms with E-state index in [-0.39, 0.29) is 6.10 Å². The van der Waals surface area contributed by atoms with Gasteiger partial charge in [-0.05, 0) is 63.4 Å². The Hall–Kier alpha value is -2.70. The van der Waals surface area contributed by atoms with Crippen molar-refractivity contribution in [2.45, 2.75) is 52.8 Å². The zero-order valence-corrected chi connectivity index (χ0v) is 19.8. The molecule has 1 aromatic carbocycles. The van der Waals surface area contributed by atoms with E-state index in [0.29, 0.717) is 6.04 Å². The van der Waals surface area contributed by atoms with Gasteiger partial charge in [0.2, 0.25) is 0 Å². The molecular formula is C26H34N4O2. The van der Waals surface area contributed by atoms with Crippen molar-refractivity contribution in [1.82, 2.24) is 19.7 Å². The van der Waals surface area contributed by atoms with E-state index in [0.717, 1.165) is 49.8 Å². The molecule has 0 saturated carbocycles. The third-order valence-electron chi connectivity index (χ3n) is 6.24. The van der Waals surface area contributed by atoms with Gasteiger partial charge in [0.15, 0.2) is 0 Å². The Kier molecular flexibility index (Phi) is 6.92. The normalized spacial score (nSPS) is 17.1. The predicted octanol–water partition coefficient (Wildman–Crippen LogP) is 4.65. The molecule has 0 N–H and O–H groups in total. The molecular weight excluding hydrogens is 400 g/mol. The first-order chi connectivity index (χ1) is 15.4. The Morgan fingerprint density at radius 3 is 2.47 bits per heavy atom. The van der Waals surface area contributed by atoms with E-state index in [2.05, 4.69) is 61.5 Å². The van der Waals surface area contributed by atoms with E-state index in [4.69, 9.17) is 19.6 Å². The Bertz CT molecular complexity index is 1030. The highest BCUT2D eigenvalue weighted by Crippen LogP contribution is 2.25. The number of hydrogen-bond acceptors (Lipinski definition) is 5. The molecule has 6 heteroatoms. The highest BCUT2D eigenvalue weighted by molar-refractivity contribution is 5.31. The van der Waals surface area contributed by atoms with Crippen molar-refractivity contribution >= 4 is 0 Å². The number of pyridine rings is 1. The van der Waals surface area contributed by atoms with Crippen LogP contribution in [0.15, 0.2) is 42.6 Å². The molecule has 1 fully saturated rings. The molecule has 1 aliphatic rings. The summed E-state index contributed by atoms with van der Waals surface area (Å²) in [4.78, 5) is 7.20.